The van der Waals surface area contributed by atoms with Crippen LogP contribution in [0.4, 0.5) is 5.13 Å². The summed E-state index contributed by atoms with van der Waals surface area (Å²) in [6.45, 7) is 1.92. The van der Waals surface area contributed by atoms with E-state index in [0.29, 0.717) is 0 Å². The first-order valence-electron chi connectivity index (χ1n) is 5.87. The van der Waals surface area contributed by atoms with Crippen LogP contribution in [0.3, 0.4) is 0 Å². The fraction of sp³-hybridized carbons (Fsp3) is 0.364. The molecule has 0 spiro atoms. The molecule has 4 N–H and O–H groups in total. The molecule has 1 unspecified atom stereocenters. The highest BCUT2D eigenvalue weighted by atomic mass is 32.1. The molecule has 0 saturated heterocycles. The van der Waals surface area contributed by atoms with Crippen LogP contribution < -0.4 is 11.5 Å². The molecule has 120 valence electrons. The molecule has 0 saturated carbocycles. The number of aromatic nitrogens is 1. The van der Waals surface area contributed by atoms with Crippen LogP contribution in [0.25, 0.3) is 0 Å². The molecule has 0 bridgehead atoms. The summed E-state index contributed by atoms with van der Waals surface area (Å²) in [5, 5.41) is 5.12. The molecule has 0 radical (unpaired) electrons. The van der Waals surface area contributed by atoms with Gasteiger partial charge in [-0.2, -0.15) is 0 Å². The Bertz CT molecular complexity index is 599. The number of ether oxygens (including phenoxy) is 2. The molecule has 0 fully saturated rings. The molecule has 1 amide bonds. The van der Waals surface area contributed by atoms with Crippen molar-refractivity contribution in [2.75, 3.05) is 12.3 Å². The molecule has 11 heteroatoms. The van der Waals surface area contributed by atoms with E-state index in [1.807, 2.05) is 0 Å². The van der Waals surface area contributed by atoms with Crippen molar-refractivity contribution in [2.24, 2.45) is 10.9 Å². The van der Waals surface area contributed by atoms with Gasteiger partial charge in [0, 0.05) is 19.2 Å². The number of nitrogens with two attached hydrogens (primary N) is 2. The molecule has 0 aliphatic heterocycles. The van der Waals surface area contributed by atoms with E-state index in [1.165, 1.54) is 19.2 Å². The molecule has 10 nitrogen and oxygen atoms in total. The highest BCUT2D eigenvalue weighted by molar-refractivity contribution is 7.13. The van der Waals surface area contributed by atoms with Crippen molar-refractivity contribution in [2.45, 2.75) is 20.1 Å². The van der Waals surface area contributed by atoms with Crippen LogP contribution in [0, 0.1) is 0 Å². The topological polar surface area (TPSA) is 156 Å². The van der Waals surface area contributed by atoms with Crippen LogP contribution in [0.5, 0.6) is 0 Å². The minimum absolute atomic E-state index is 0.136. The van der Waals surface area contributed by atoms with Crippen molar-refractivity contribution < 1.29 is 28.7 Å². The van der Waals surface area contributed by atoms with Gasteiger partial charge in [-0.3, -0.25) is 9.59 Å². The van der Waals surface area contributed by atoms with Gasteiger partial charge >= 0.3 is 11.9 Å². The lowest BCUT2D eigenvalue weighted by Crippen LogP contribution is -2.26. The number of esters is 2. The van der Waals surface area contributed by atoms with E-state index in [4.69, 9.17) is 11.5 Å². The predicted molar refractivity (Wildman–Crippen MR) is 75.5 cm³/mol. The average Bonchev–Trinajstić information content (AvgIpc) is 2.79. The first-order chi connectivity index (χ1) is 10.3. The van der Waals surface area contributed by atoms with Crippen LogP contribution in [0.2, 0.25) is 0 Å². The second kappa shape index (κ2) is 7.93. The Morgan fingerprint density at radius 2 is 2.09 bits per heavy atom. The van der Waals surface area contributed by atoms with Gasteiger partial charge in [0.05, 0.1) is 0 Å². The lowest BCUT2D eigenvalue weighted by Gasteiger charge is -2.12. The second-order valence-electron chi connectivity index (χ2n) is 3.82. The van der Waals surface area contributed by atoms with Crippen LogP contribution in [-0.4, -0.2) is 41.4 Å². The third kappa shape index (κ3) is 5.75. The Kier molecular flexibility index (Phi) is 6.25. The predicted octanol–water partition coefficient (Wildman–Crippen LogP) is -0.616. The average molecular weight is 330 g/mol. The lowest BCUT2D eigenvalue weighted by atomic mass is 10.3. The Morgan fingerprint density at radius 3 is 2.59 bits per heavy atom. The second-order valence-corrected chi connectivity index (χ2v) is 4.71. The van der Waals surface area contributed by atoms with E-state index in [-0.39, 0.29) is 16.5 Å². The fourth-order valence-electron chi connectivity index (χ4n) is 1.24. The normalized spacial score (nSPS) is 12.4. The van der Waals surface area contributed by atoms with Gasteiger partial charge in [0.25, 0.3) is 5.91 Å². The zero-order chi connectivity index (χ0) is 16.7. The maximum atomic E-state index is 11.4. The quantitative estimate of drug-likeness (QED) is 0.290. The van der Waals surface area contributed by atoms with Crippen molar-refractivity contribution in [3.8, 4) is 0 Å². The Morgan fingerprint density at radius 1 is 1.41 bits per heavy atom. The van der Waals surface area contributed by atoms with Gasteiger partial charge in [-0.05, 0) is 0 Å². The van der Waals surface area contributed by atoms with Crippen LogP contribution >= 0.6 is 11.3 Å². The molecule has 22 heavy (non-hydrogen) atoms. The van der Waals surface area contributed by atoms with Gasteiger partial charge < -0.3 is 25.8 Å². The van der Waals surface area contributed by atoms with E-state index < -0.39 is 30.7 Å². The summed E-state index contributed by atoms with van der Waals surface area (Å²) in [4.78, 5) is 41.8. The number of anilines is 1. The summed E-state index contributed by atoms with van der Waals surface area (Å²) >= 11 is 1.09. The first kappa shape index (κ1) is 17.4. The van der Waals surface area contributed by atoms with Gasteiger partial charge in [0.15, 0.2) is 10.8 Å². The Hall–Kier alpha value is -2.69. The molecule has 1 aromatic rings. The van der Waals surface area contributed by atoms with Crippen LogP contribution in [0.1, 0.15) is 19.5 Å². The molecule has 1 heterocycles. The van der Waals surface area contributed by atoms with Crippen molar-refractivity contribution in [1.29, 1.82) is 0 Å². The number of hydrogen-bond donors (Lipinski definition) is 2. The molecular weight excluding hydrogens is 316 g/mol. The molecular formula is C11H14N4O6S. The van der Waals surface area contributed by atoms with E-state index >= 15 is 0 Å². The van der Waals surface area contributed by atoms with E-state index in [1.54, 1.807) is 0 Å². The number of carbonyl (C=O) groups excluding carboxylic acids is 3. The molecule has 0 aliphatic carbocycles. The minimum Gasteiger partial charge on any atom is -0.426 e. The highest BCUT2D eigenvalue weighted by Gasteiger charge is 2.16. The summed E-state index contributed by atoms with van der Waals surface area (Å²) < 4.78 is 9.28. The van der Waals surface area contributed by atoms with E-state index in [2.05, 4.69) is 24.5 Å². The number of hydrogen-bond acceptors (Lipinski definition) is 10. The van der Waals surface area contributed by atoms with E-state index in [0.717, 1.165) is 11.3 Å². The Labute approximate surface area is 129 Å². The number of primary amides is 1. The third-order valence-electron chi connectivity index (χ3n) is 1.97. The lowest BCUT2D eigenvalue weighted by molar-refractivity contribution is -0.185. The van der Waals surface area contributed by atoms with Gasteiger partial charge in [0.1, 0.15) is 5.69 Å². The number of carbonyl (C=O) groups is 3. The number of nitrogens with zero attached hydrogens (tertiary/aromatic N) is 2. The maximum absolute atomic E-state index is 11.4. The van der Waals surface area contributed by atoms with Gasteiger partial charge in [-0.1, -0.05) is 5.16 Å². The Balaban J connectivity index is 2.56. The third-order valence-corrected chi connectivity index (χ3v) is 2.64. The smallest absolute Gasteiger partial charge is 0.350 e. The number of thiazole rings is 1. The molecule has 1 aromatic heterocycles. The zero-order valence-corrected chi connectivity index (χ0v) is 12.6. The molecule has 1 atom stereocenters. The maximum Gasteiger partial charge on any atom is 0.350 e. The van der Waals surface area contributed by atoms with Crippen molar-refractivity contribution in [3.63, 3.8) is 0 Å². The summed E-state index contributed by atoms with van der Waals surface area (Å²) in [6, 6.07) is 0. The van der Waals surface area contributed by atoms with Gasteiger partial charge in [0.2, 0.25) is 12.9 Å². The monoisotopic (exact) mass is 330 g/mol. The summed E-state index contributed by atoms with van der Waals surface area (Å²) in [6.07, 6.45) is -1.06. The standard InChI is InChI=1S/C11H14N4O6S/c1-5(16)20-6(2)21-8(17)3-19-15-9(10(12)18)7-4-22-11(13)14-7/h4,6H,3H2,1-2H3,(H2,12,18)(H2,13,14)/b15-9-. The molecule has 0 aliphatic rings. The highest BCUT2D eigenvalue weighted by Crippen LogP contribution is 2.12. The van der Waals surface area contributed by atoms with Crippen molar-refractivity contribution in [3.05, 3.63) is 11.1 Å². The van der Waals surface area contributed by atoms with Crippen molar-refractivity contribution in [1.82, 2.24) is 4.98 Å². The number of amides is 1. The number of oxime groups is 1. The SMILES string of the molecule is CC(=O)OC(C)OC(=O)CO/N=C(\C(N)=O)c1csc(N)n1. The van der Waals surface area contributed by atoms with Gasteiger partial charge in [-0.15, -0.1) is 11.3 Å². The van der Waals surface area contributed by atoms with Crippen molar-refractivity contribution >= 4 is 40.0 Å². The summed E-state index contributed by atoms with van der Waals surface area (Å²) in [5.41, 5.74) is 10.4. The number of nitrogen functional groups attached to an aromatic ring is 1. The van der Waals surface area contributed by atoms with E-state index in [9.17, 15) is 14.4 Å². The van der Waals surface area contributed by atoms with Gasteiger partial charge in [-0.25, -0.2) is 9.78 Å². The summed E-state index contributed by atoms with van der Waals surface area (Å²) in [7, 11) is 0. The summed E-state index contributed by atoms with van der Waals surface area (Å²) in [5.74, 6) is -2.34. The van der Waals surface area contributed by atoms with Crippen LogP contribution in [-0.2, 0) is 28.7 Å². The zero-order valence-electron chi connectivity index (χ0n) is 11.8. The minimum atomic E-state index is -1.06. The van der Waals surface area contributed by atoms with Crippen LogP contribution in [0.15, 0.2) is 10.5 Å². The number of rotatable bonds is 7. The fourth-order valence-corrected chi connectivity index (χ4v) is 1.79. The largest absolute Gasteiger partial charge is 0.426 e. The first-order valence-corrected chi connectivity index (χ1v) is 6.75. The molecule has 1 rings (SSSR count). The molecule has 0 aromatic carbocycles.